The van der Waals surface area contributed by atoms with E-state index in [-0.39, 0.29) is 5.97 Å². The molecule has 118 valence electrons. The maximum atomic E-state index is 10.3. The predicted octanol–water partition coefficient (Wildman–Crippen LogP) is 4.17. The third-order valence-electron chi connectivity index (χ3n) is 3.49. The van der Waals surface area contributed by atoms with E-state index in [4.69, 9.17) is 9.84 Å². The lowest BCUT2D eigenvalue weighted by molar-refractivity contribution is -0.141. The van der Waals surface area contributed by atoms with Crippen molar-refractivity contribution in [2.75, 3.05) is 6.61 Å². The number of carbonyl (C=O) groups is 2. The zero-order chi connectivity index (χ0) is 15.2. The number of hydrogen-bond donors (Lipinski definition) is 1. The first-order valence-electron chi connectivity index (χ1n) is 7.91. The van der Waals surface area contributed by atoms with Crippen LogP contribution >= 0.6 is 0 Å². The topological polar surface area (TPSA) is 63.6 Å². The monoisotopic (exact) mass is 286 g/mol. The van der Waals surface area contributed by atoms with Gasteiger partial charge in [0.1, 0.15) is 0 Å². The molecule has 0 bridgehead atoms. The summed E-state index contributed by atoms with van der Waals surface area (Å²) in [4.78, 5) is 20.5. The molecule has 4 nitrogen and oxygen atoms in total. The zero-order valence-electron chi connectivity index (χ0n) is 13.0. The second kappa shape index (κ2) is 12.9. The van der Waals surface area contributed by atoms with Crippen molar-refractivity contribution in [3.63, 3.8) is 0 Å². The highest BCUT2D eigenvalue weighted by atomic mass is 16.5. The average Bonchev–Trinajstić information content (AvgIpc) is 2.39. The molecule has 1 rings (SSSR count). The Hall–Kier alpha value is -1.06. The Morgan fingerprint density at radius 3 is 2.25 bits per heavy atom. The Kier molecular flexibility index (Phi) is 12.3. The van der Waals surface area contributed by atoms with Gasteiger partial charge in [-0.25, -0.2) is 0 Å². The van der Waals surface area contributed by atoms with Crippen molar-refractivity contribution in [3.05, 3.63) is 0 Å². The maximum Gasteiger partial charge on any atom is 0.303 e. The lowest BCUT2D eigenvalue weighted by atomic mass is 9.87. The third kappa shape index (κ3) is 13.4. The first kappa shape index (κ1) is 18.9. The van der Waals surface area contributed by atoms with E-state index >= 15 is 0 Å². The molecule has 0 spiro atoms. The normalized spacial score (nSPS) is 15.1. The number of aliphatic carboxylic acids is 1. The van der Waals surface area contributed by atoms with Crippen LogP contribution in [-0.2, 0) is 14.3 Å². The fraction of sp³-hybridized carbons (Fsp3) is 0.875. The van der Waals surface area contributed by atoms with Gasteiger partial charge in [-0.15, -0.1) is 0 Å². The lowest BCUT2D eigenvalue weighted by Gasteiger charge is -2.18. The lowest BCUT2D eigenvalue weighted by Crippen LogP contribution is -2.10. The number of unbranched alkanes of at least 4 members (excludes halogenated alkanes) is 3. The molecular weight excluding hydrogens is 256 g/mol. The summed E-state index contributed by atoms with van der Waals surface area (Å²) < 4.78 is 4.75. The summed E-state index contributed by atoms with van der Waals surface area (Å²) in [5.41, 5.74) is 0. The summed E-state index contributed by atoms with van der Waals surface area (Å²) in [6, 6.07) is 0. The van der Waals surface area contributed by atoms with Crippen LogP contribution in [0, 0.1) is 5.92 Å². The standard InChI is InChI=1S/C8H14O2.C8H16O2/c9-8(10)6-7-4-2-1-3-5-7;1-3-4-5-6-7-10-8(2)9/h7H,1-6H2,(H,9,10);3-7H2,1-2H3. The highest BCUT2D eigenvalue weighted by Crippen LogP contribution is 2.25. The second-order valence-electron chi connectivity index (χ2n) is 5.50. The third-order valence-corrected chi connectivity index (χ3v) is 3.49. The van der Waals surface area contributed by atoms with Gasteiger partial charge in [0.15, 0.2) is 0 Å². The molecule has 0 heterocycles. The largest absolute Gasteiger partial charge is 0.481 e. The molecule has 4 heteroatoms. The zero-order valence-corrected chi connectivity index (χ0v) is 13.0. The Bertz CT molecular complexity index is 257. The van der Waals surface area contributed by atoms with Gasteiger partial charge >= 0.3 is 11.9 Å². The number of rotatable bonds is 7. The van der Waals surface area contributed by atoms with Gasteiger partial charge < -0.3 is 9.84 Å². The SMILES string of the molecule is CCCCCCOC(C)=O.O=C(O)CC1CCCCC1. The molecule has 0 radical (unpaired) electrons. The number of esters is 1. The second-order valence-corrected chi connectivity index (χ2v) is 5.50. The van der Waals surface area contributed by atoms with Crippen molar-refractivity contribution in [3.8, 4) is 0 Å². The van der Waals surface area contributed by atoms with Crippen LogP contribution in [0.4, 0.5) is 0 Å². The molecule has 1 aliphatic rings. The minimum absolute atomic E-state index is 0.170. The van der Waals surface area contributed by atoms with Crippen molar-refractivity contribution in [2.45, 2.75) is 78.1 Å². The van der Waals surface area contributed by atoms with Crippen LogP contribution in [0.25, 0.3) is 0 Å². The molecular formula is C16H30O4. The van der Waals surface area contributed by atoms with Gasteiger partial charge in [0.25, 0.3) is 0 Å². The van der Waals surface area contributed by atoms with Crippen molar-refractivity contribution in [1.82, 2.24) is 0 Å². The molecule has 0 saturated heterocycles. The molecule has 1 fully saturated rings. The van der Waals surface area contributed by atoms with E-state index in [1.165, 1.54) is 45.4 Å². The highest BCUT2D eigenvalue weighted by Gasteiger charge is 2.15. The molecule has 0 atom stereocenters. The molecule has 0 aromatic rings. The quantitative estimate of drug-likeness (QED) is 0.563. The first-order valence-corrected chi connectivity index (χ1v) is 7.91. The van der Waals surface area contributed by atoms with E-state index in [1.807, 2.05) is 0 Å². The number of ether oxygens (including phenoxy) is 1. The van der Waals surface area contributed by atoms with E-state index in [1.54, 1.807) is 0 Å². The Labute approximate surface area is 122 Å². The van der Waals surface area contributed by atoms with E-state index in [2.05, 4.69) is 6.92 Å². The smallest absolute Gasteiger partial charge is 0.303 e. The van der Waals surface area contributed by atoms with Crippen LogP contribution < -0.4 is 0 Å². The molecule has 0 unspecified atom stereocenters. The fourth-order valence-corrected chi connectivity index (χ4v) is 2.38. The Morgan fingerprint density at radius 2 is 1.75 bits per heavy atom. The molecule has 0 aliphatic heterocycles. The minimum Gasteiger partial charge on any atom is -0.481 e. The van der Waals surface area contributed by atoms with Crippen LogP contribution in [-0.4, -0.2) is 23.7 Å². The number of hydrogen-bond acceptors (Lipinski definition) is 3. The van der Waals surface area contributed by atoms with Crippen LogP contribution in [0.5, 0.6) is 0 Å². The van der Waals surface area contributed by atoms with Gasteiger partial charge in [-0.3, -0.25) is 9.59 Å². The molecule has 1 aliphatic carbocycles. The molecule has 0 aromatic heterocycles. The van der Waals surface area contributed by atoms with Gasteiger partial charge in [-0.2, -0.15) is 0 Å². The van der Waals surface area contributed by atoms with Crippen LogP contribution in [0.2, 0.25) is 0 Å². The highest BCUT2D eigenvalue weighted by molar-refractivity contribution is 5.67. The summed E-state index contributed by atoms with van der Waals surface area (Å²) in [5, 5.41) is 8.47. The van der Waals surface area contributed by atoms with Gasteiger partial charge in [0.05, 0.1) is 6.61 Å². The van der Waals surface area contributed by atoms with E-state index in [0.717, 1.165) is 19.3 Å². The molecule has 0 amide bonds. The Balaban J connectivity index is 0.000000361. The number of carbonyl (C=O) groups excluding carboxylic acids is 1. The van der Waals surface area contributed by atoms with E-state index in [0.29, 0.717) is 18.9 Å². The summed E-state index contributed by atoms with van der Waals surface area (Å²) in [5.74, 6) is -0.324. The van der Waals surface area contributed by atoms with Crippen LogP contribution in [0.3, 0.4) is 0 Å². The van der Waals surface area contributed by atoms with Crippen molar-refractivity contribution < 1.29 is 19.4 Å². The number of carboxylic acid groups (broad SMARTS) is 1. The van der Waals surface area contributed by atoms with Gasteiger partial charge in [-0.05, 0) is 25.2 Å². The van der Waals surface area contributed by atoms with Crippen molar-refractivity contribution in [2.24, 2.45) is 5.92 Å². The first-order chi connectivity index (χ1) is 9.56. The average molecular weight is 286 g/mol. The van der Waals surface area contributed by atoms with Gasteiger partial charge in [0, 0.05) is 13.3 Å². The Morgan fingerprint density at radius 1 is 1.10 bits per heavy atom. The fourth-order valence-electron chi connectivity index (χ4n) is 2.38. The maximum absolute atomic E-state index is 10.3. The predicted molar refractivity (Wildman–Crippen MR) is 79.6 cm³/mol. The van der Waals surface area contributed by atoms with Crippen LogP contribution in [0.1, 0.15) is 78.1 Å². The van der Waals surface area contributed by atoms with Gasteiger partial charge in [0.2, 0.25) is 0 Å². The van der Waals surface area contributed by atoms with Crippen molar-refractivity contribution >= 4 is 11.9 Å². The molecule has 0 aromatic carbocycles. The molecule has 20 heavy (non-hydrogen) atoms. The summed E-state index contributed by atoms with van der Waals surface area (Å²) >= 11 is 0. The van der Waals surface area contributed by atoms with E-state index in [9.17, 15) is 9.59 Å². The molecule has 1 N–H and O–H groups in total. The van der Waals surface area contributed by atoms with E-state index < -0.39 is 5.97 Å². The summed E-state index contributed by atoms with van der Waals surface area (Å²) in [7, 11) is 0. The van der Waals surface area contributed by atoms with Crippen molar-refractivity contribution in [1.29, 1.82) is 0 Å². The minimum atomic E-state index is -0.632. The molecule has 1 saturated carbocycles. The number of carboxylic acids is 1. The van der Waals surface area contributed by atoms with Gasteiger partial charge in [-0.1, -0.05) is 45.4 Å². The van der Waals surface area contributed by atoms with Crippen LogP contribution in [0.15, 0.2) is 0 Å². The summed E-state index contributed by atoms with van der Waals surface area (Å²) in [6.07, 6.45) is 11.1. The summed E-state index contributed by atoms with van der Waals surface area (Å²) in [6.45, 7) is 4.20.